The van der Waals surface area contributed by atoms with Gasteiger partial charge in [-0.25, -0.2) is 4.98 Å². The zero-order chi connectivity index (χ0) is 13.6. The van der Waals surface area contributed by atoms with E-state index in [0.717, 1.165) is 26.8 Å². The quantitative estimate of drug-likeness (QED) is 0.718. The zero-order valence-corrected chi connectivity index (χ0v) is 12.5. The lowest BCUT2D eigenvalue weighted by Gasteiger charge is -2.10. The van der Waals surface area contributed by atoms with Crippen LogP contribution in [-0.4, -0.2) is 9.55 Å². The summed E-state index contributed by atoms with van der Waals surface area (Å²) in [6.07, 6.45) is 0. The highest BCUT2D eigenvalue weighted by Crippen LogP contribution is 2.33. The topological polar surface area (TPSA) is 43.8 Å². The van der Waals surface area contributed by atoms with E-state index in [2.05, 4.69) is 20.9 Å². The van der Waals surface area contributed by atoms with Gasteiger partial charge in [-0.05, 0) is 52.7 Å². The highest BCUT2D eigenvalue weighted by Gasteiger charge is 2.13. The largest absolute Gasteiger partial charge is 0.369 e. The summed E-state index contributed by atoms with van der Waals surface area (Å²) in [5, 5.41) is 0.644. The summed E-state index contributed by atoms with van der Waals surface area (Å²) in [6, 6.07) is 11.7. The molecule has 1 aromatic heterocycles. The predicted molar refractivity (Wildman–Crippen MR) is 82.9 cm³/mol. The van der Waals surface area contributed by atoms with E-state index in [1.807, 2.05) is 47.9 Å². The van der Waals surface area contributed by atoms with E-state index < -0.39 is 0 Å². The maximum absolute atomic E-state index is 6.14. The van der Waals surface area contributed by atoms with Crippen molar-refractivity contribution < 1.29 is 0 Å². The number of benzene rings is 2. The van der Waals surface area contributed by atoms with Gasteiger partial charge in [0.05, 0.1) is 26.2 Å². The molecule has 3 nitrogen and oxygen atoms in total. The van der Waals surface area contributed by atoms with Crippen LogP contribution in [0.4, 0.5) is 5.95 Å². The molecule has 3 rings (SSSR count). The number of aromatic nitrogens is 2. The Hall–Kier alpha value is -1.52. The molecule has 19 heavy (non-hydrogen) atoms. The third-order valence-corrected chi connectivity index (χ3v) is 4.38. The minimum atomic E-state index is 0.448. The number of rotatable bonds is 1. The number of fused-ring (bicyclic) bond motifs is 1. The third kappa shape index (κ3) is 2.01. The van der Waals surface area contributed by atoms with Crippen LogP contribution in [0.25, 0.3) is 16.7 Å². The SMILES string of the molecule is Cc1ccc2c(c1)nc(N)n2-c1cccc(Cl)c1Br. The van der Waals surface area contributed by atoms with Gasteiger partial charge in [0.15, 0.2) is 0 Å². The van der Waals surface area contributed by atoms with Gasteiger partial charge in [0.25, 0.3) is 0 Å². The Morgan fingerprint density at radius 2 is 2.05 bits per heavy atom. The molecule has 0 radical (unpaired) electrons. The van der Waals surface area contributed by atoms with Gasteiger partial charge in [0.2, 0.25) is 5.95 Å². The van der Waals surface area contributed by atoms with Crippen LogP contribution in [0, 0.1) is 6.92 Å². The molecule has 0 unspecified atom stereocenters. The van der Waals surface area contributed by atoms with Crippen molar-refractivity contribution in [3.05, 3.63) is 51.5 Å². The molecule has 0 spiro atoms. The molecule has 2 aromatic carbocycles. The van der Waals surface area contributed by atoms with Crippen molar-refractivity contribution in [1.29, 1.82) is 0 Å². The van der Waals surface area contributed by atoms with E-state index in [-0.39, 0.29) is 0 Å². The van der Waals surface area contributed by atoms with Gasteiger partial charge in [-0.1, -0.05) is 23.7 Å². The minimum Gasteiger partial charge on any atom is -0.369 e. The standard InChI is InChI=1S/C14H11BrClN3/c1-8-5-6-11-10(7-8)18-14(17)19(11)12-4-2-3-9(16)13(12)15/h2-7H,1H3,(H2,17,18). The molecule has 0 saturated heterocycles. The van der Waals surface area contributed by atoms with Crippen molar-refractivity contribution >= 4 is 44.5 Å². The van der Waals surface area contributed by atoms with E-state index in [1.54, 1.807) is 0 Å². The molecular weight excluding hydrogens is 326 g/mol. The lowest BCUT2D eigenvalue weighted by molar-refractivity contribution is 1.10. The second-order valence-electron chi connectivity index (χ2n) is 4.37. The first kappa shape index (κ1) is 12.5. The molecule has 0 bridgehead atoms. The van der Waals surface area contributed by atoms with Crippen LogP contribution in [0.2, 0.25) is 5.02 Å². The lowest BCUT2D eigenvalue weighted by atomic mass is 10.2. The third-order valence-electron chi connectivity index (χ3n) is 3.01. The van der Waals surface area contributed by atoms with Crippen molar-refractivity contribution in [2.75, 3.05) is 5.73 Å². The smallest absolute Gasteiger partial charge is 0.205 e. The number of aryl methyl sites for hydroxylation is 1. The molecular formula is C14H11BrClN3. The van der Waals surface area contributed by atoms with E-state index >= 15 is 0 Å². The number of imidazole rings is 1. The normalized spacial score (nSPS) is 11.1. The Kier molecular flexibility index (Phi) is 2.99. The minimum absolute atomic E-state index is 0.448. The molecule has 2 N–H and O–H groups in total. The molecule has 5 heteroatoms. The van der Waals surface area contributed by atoms with Crippen molar-refractivity contribution in [1.82, 2.24) is 9.55 Å². The van der Waals surface area contributed by atoms with Gasteiger partial charge in [-0.15, -0.1) is 0 Å². The summed E-state index contributed by atoms with van der Waals surface area (Å²) in [4.78, 5) is 4.40. The summed E-state index contributed by atoms with van der Waals surface area (Å²) in [6.45, 7) is 2.03. The van der Waals surface area contributed by atoms with Crippen LogP contribution in [0.1, 0.15) is 5.56 Å². The highest BCUT2D eigenvalue weighted by molar-refractivity contribution is 9.10. The zero-order valence-electron chi connectivity index (χ0n) is 10.2. The molecule has 0 fully saturated rings. The molecule has 0 aliphatic carbocycles. The Bertz CT molecular complexity index is 780. The number of anilines is 1. The summed E-state index contributed by atoms with van der Waals surface area (Å²) >= 11 is 9.64. The Morgan fingerprint density at radius 1 is 1.26 bits per heavy atom. The van der Waals surface area contributed by atoms with Crippen molar-refractivity contribution in [2.24, 2.45) is 0 Å². The molecule has 0 saturated carbocycles. The molecule has 0 aliphatic rings. The van der Waals surface area contributed by atoms with Crippen molar-refractivity contribution in [2.45, 2.75) is 6.92 Å². The first-order valence-electron chi connectivity index (χ1n) is 5.77. The Labute approximate surface area is 124 Å². The van der Waals surface area contributed by atoms with E-state index in [4.69, 9.17) is 17.3 Å². The Morgan fingerprint density at radius 3 is 2.84 bits per heavy atom. The van der Waals surface area contributed by atoms with Crippen molar-refractivity contribution in [3.63, 3.8) is 0 Å². The van der Waals surface area contributed by atoms with Gasteiger partial charge < -0.3 is 5.73 Å². The fraction of sp³-hybridized carbons (Fsp3) is 0.0714. The Balaban J connectivity index is 2.36. The van der Waals surface area contributed by atoms with Gasteiger partial charge in [0.1, 0.15) is 0 Å². The number of nitrogens with two attached hydrogens (primary N) is 1. The fourth-order valence-corrected chi connectivity index (χ4v) is 2.74. The van der Waals surface area contributed by atoms with Crippen LogP contribution in [0.3, 0.4) is 0 Å². The van der Waals surface area contributed by atoms with Crippen LogP contribution in [-0.2, 0) is 0 Å². The molecule has 3 aromatic rings. The average Bonchev–Trinajstić information content (AvgIpc) is 2.68. The van der Waals surface area contributed by atoms with Gasteiger partial charge in [-0.3, -0.25) is 4.57 Å². The fourth-order valence-electron chi connectivity index (χ4n) is 2.13. The summed E-state index contributed by atoms with van der Waals surface area (Å²) in [5.41, 5.74) is 9.93. The van der Waals surface area contributed by atoms with Crippen LogP contribution >= 0.6 is 27.5 Å². The monoisotopic (exact) mass is 335 g/mol. The summed E-state index contributed by atoms with van der Waals surface area (Å²) < 4.78 is 2.70. The molecule has 1 heterocycles. The number of hydrogen-bond acceptors (Lipinski definition) is 2. The predicted octanol–water partition coefficient (Wildman–Crippen LogP) is 4.33. The number of nitrogen functional groups attached to an aromatic ring is 1. The van der Waals surface area contributed by atoms with Gasteiger partial charge >= 0.3 is 0 Å². The second kappa shape index (κ2) is 4.54. The lowest BCUT2D eigenvalue weighted by Crippen LogP contribution is -2.01. The second-order valence-corrected chi connectivity index (χ2v) is 5.57. The van der Waals surface area contributed by atoms with Gasteiger partial charge in [-0.2, -0.15) is 0 Å². The molecule has 0 aliphatic heterocycles. The van der Waals surface area contributed by atoms with E-state index in [0.29, 0.717) is 11.0 Å². The van der Waals surface area contributed by atoms with Crippen molar-refractivity contribution in [3.8, 4) is 5.69 Å². The molecule has 0 atom stereocenters. The van der Waals surface area contributed by atoms with E-state index in [1.165, 1.54) is 0 Å². The average molecular weight is 337 g/mol. The highest BCUT2D eigenvalue weighted by atomic mass is 79.9. The van der Waals surface area contributed by atoms with Gasteiger partial charge in [0, 0.05) is 0 Å². The van der Waals surface area contributed by atoms with E-state index in [9.17, 15) is 0 Å². The molecule has 96 valence electrons. The van der Waals surface area contributed by atoms with Crippen LogP contribution < -0.4 is 5.73 Å². The maximum atomic E-state index is 6.14. The first-order chi connectivity index (χ1) is 9.08. The van der Waals surface area contributed by atoms with Crippen LogP contribution in [0.15, 0.2) is 40.9 Å². The summed E-state index contributed by atoms with van der Waals surface area (Å²) in [5.74, 6) is 0.448. The number of hydrogen-bond donors (Lipinski definition) is 1. The summed E-state index contributed by atoms with van der Waals surface area (Å²) in [7, 11) is 0. The first-order valence-corrected chi connectivity index (χ1v) is 6.94. The maximum Gasteiger partial charge on any atom is 0.205 e. The van der Waals surface area contributed by atoms with Crippen LogP contribution in [0.5, 0.6) is 0 Å². The number of halogens is 2. The number of nitrogens with zero attached hydrogens (tertiary/aromatic N) is 2. The molecule has 0 amide bonds.